The zero-order valence-corrected chi connectivity index (χ0v) is 8.48. The van der Waals surface area contributed by atoms with Crippen LogP contribution in [0.5, 0.6) is 0 Å². The normalized spacial score (nSPS) is 10.1. The van der Waals surface area contributed by atoms with E-state index < -0.39 is 0 Å². The average Bonchev–Trinajstić information content (AvgIpc) is 2.08. The zero-order chi connectivity index (χ0) is 9.11. The van der Waals surface area contributed by atoms with Crippen LogP contribution in [0.1, 0.15) is 47.5 Å². The van der Waals surface area contributed by atoms with E-state index >= 15 is 0 Å². The summed E-state index contributed by atoms with van der Waals surface area (Å²) in [7, 11) is 0. The Hall–Kier alpha value is -0.530. The van der Waals surface area contributed by atoms with Crippen LogP contribution in [-0.4, -0.2) is 12.3 Å². The fraction of sp³-hybridized carbons (Fsp3) is 0.889. The molecule has 0 aliphatic heterocycles. The predicted molar refractivity (Wildman–Crippen MR) is 51.0 cm³/mol. The lowest BCUT2D eigenvalue weighted by atomic mass is 10.3. The third kappa shape index (κ3) is 12.6. The summed E-state index contributed by atoms with van der Waals surface area (Å²) in [6.07, 6.45) is 2.00. The van der Waals surface area contributed by atoms with Crippen LogP contribution < -0.4 is 0 Å². The predicted octanol–water partition coefficient (Wildman–Crippen LogP) is 3.23. The fourth-order valence-corrected chi connectivity index (χ4v) is 0.312. The molecule has 0 bridgehead atoms. The molecule has 11 heavy (non-hydrogen) atoms. The molecular formula is C9H21NO. The van der Waals surface area contributed by atoms with E-state index in [1.54, 1.807) is 0 Å². The van der Waals surface area contributed by atoms with Crippen molar-refractivity contribution in [1.29, 1.82) is 0 Å². The Morgan fingerprint density at radius 3 is 2.18 bits per heavy atom. The van der Waals surface area contributed by atoms with Gasteiger partial charge in [-0.15, -0.1) is 0 Å². The van der Waals surface area contributed by atoms with Gasteiger partial charge in [-0.05, 0) is 19.8 Å². The van der Waals surface area contributed by atoms with Gasteiger partial charge in [0, 0.05) is 0 Å². The zero-order valence-electron chi connectivity index (χ0n) is 8.48. The number of rotatable bonds is 4. The Labute approximate surface area is 70.6 Å². The van der Waals surface area contributed by atoms with Gasteiger partial charge in [-0.2, -0.15) is 0 Å². The van der Waals surface area contributed by atoms with Gasteiger partial charge in [-0.25, -0.2) is 0 Å². The molecule has 0 heterocycles. The standard InChI is InChI=1S/C7H15NO.C2H6/c1-4-6-9-8-7(3)5-2;1-2/h4-6H2,1-3H3;1-2H3/b8-7-;. The largest absolute Gasteiger partial charge is 0.396 e. The topological polar surface area (TPSA) is 21.6 Å². The first-order valence-corrected chi connectivity index (χ1v) is 4.46. The molecule has 0 saturated heterocycles. The van der Waals surface area contributed by atoms with Crippen molar-refractivity contribution < 1.29 is 4.84 Å². The van der Waals surface area contributed by atoms with Crippen molar-refractivity contribution in [1.82, 2.24) is 0 Å². The highest BCUT2D eigenvalue weighted by Crippen LogP contribution is 1.86. The van der Waals surface area contributed by atoms with Gasteiger partial charge < -0.3 is 4.84 Å². The smallest absolute Gasteiger partial charge is 0.116 e. The summed E-state index contributed by atoms with van der Waals surface area (Å²) < 4.78 is 0. The Bertz CT molecular complexity index is 89.6. The van der Waals surface area contributed by atoms with Gasteiger partial charge in [-0.3, -0.25) is 0 Å². The molecule has 0 atom stereocenters. The first-order chi connectivity index (χ1) is 5.31. The second kappa shape index (κ2) is 12.2. The monoisotopic (exact) mass is 159 g/mol. The lowest BCUT2D eigenvalue weighted by Gasteiger charge is -1.95. The van der Waals surface area contributed by atoms with Gasteiger partial charge in [-0.1, -0.05) is 32.9 Å². The lowest BCUT2D eigenvalue weighted by molar-refractivity contribution is 0.144. The van der Waals surface area contributed by atoms with Gasteiger partial charge in [0.05, 0.1) is 5.71 Å². The maximum atomic E-state index is 4.92. The van der Waals surface area contributed by atoms with Crippen LogP contribution >= 0.6 is 0 Å². The Balaban J connectivity index is 0. The molecule has 0 spiro atoms. The lowest BCUT2D eigenvalue weighted by Crippen LogP contribution is -1.91. The molecule has 0 aromatic rings. The molecule has 0 aromatic heterocycles. The summed E-state index contributed by atoms with van der Waals surface area (Å²) in [5, 5.41) is 3.85. The van der Waals surface area contributed by atoms with Crippen LogP contribution in [0.3, 0.4) is 0 Å². The summed E-state index contributed by atoms with van der Waals surface area (Å²) in [5.74, 6) is 0. The van der Waals surface area contributed by atoms with Crippen molar-refractivity contribution in [3.8, 4) is 0 Å². The Morgan fingerprint density at radius 2 is 1.82 bits per heavy atom. The average molecular weight is 159 g/mol. The van der Waals surface area contributed by atoms with Crippen LogP contribution in [0.15, 0.2) is 5.16 Å². The third-order valence-electron chi connectivity index (χ3n) is 1.03. The van der Waals surface area contributed by atoms with Crippen LogP contribution in [0.2, 0.25) is 0 Å². The van der Waals surface area contributed by atoms with Crippen molar-refractivity contribution in [3.05, 3.63) is 0 Å². The minimum atomic E-state index is 0.733. The van der Waals surface area contributed by atoms with Gasteiger partial charge in [0.15, 0.2) is 0 Å². The summed E-state index contributed by atoms with van der Waals surface area (Å²) >= 11 is 0. The van der Waals surface area contributed by atoms with E-state index in [-0.39, 0.29) is 0 Å². The van der Waals surface area contributed by atoms with E-state index in [1.165, 1.54) is 0 Å². The van der Waals surface area contributed by atoms with Crippen LogP contribution in [0, 0.1) is 0 Å². The SMILES string of the molecule is CC.CCCO/N=C(/C)CC. The first kappa shape index (κ1) is 13.1. The summed E-state index contributed by atoms with van der Waals surface area (Å²) in [4.78, 5) is 4.92. The van der Waals surface area contributed by atoms with Crippen molar-refractivity contribution in [2.24, 2.45) is 5.16 Å². The molecule has 68 valence electrons. The molecular weight excluding hydrogens is 138 g/mol. The van der Waals surface area contributed by atoms with E-state index in [2.05, 4.69) is 19.0 Å². The van der Waals surface area contributed by atoms with E-state index in [0.717, 1.165) is 25.2 Å². The molecule has 0 unspecified atom stereocenters. The van der Waals surface area contributed by atoms with Crippen molar-refractivity contribution in [2.45, 2.75) is 47.5 Å². The van der Waals surface area contributed by atoms with Gasteiger partial charge in [0.1, 0.15) is 6.61 Å². The van der Waals surface area contributed by atoms with E-state index in [1.807, 2.05) is 20.8 Å². The maximum Gasteiger partial charge on any atom is 0.116 e. The molecule has 0 fully saturated rings. The van der Waals surface area contributed by atoms with Crippen molar-refractivity contribution in [3.63, 3.8) is 0 Å². The van der Waals surface area contributed by atoms with Gasteiger partial charge in [0.25, 0.3) is 0 Å². The number of oxime groups is 1. The second-order valence-corrected chi connectivity index (χ2v) is 2.01. The quantitative estimate of drug-likeness (QED) is 0.350. The molecule has 0 aliphatic rings. The van der Waals surface area contributed by atoms with E-state index in [4.69, 9.17) is 4.84 Å². The molecule has 2 heteroatoms. The molecule has 0 aliphatic carbocycles. The second-order valence-electron chi connectivity index (χ2n) is 2.01. The van der Waals surface area contributed by atoms with E-state index in [0.29, 0.717) is 0 Å². The van der Waals surface area contributed by atoms with Crippen LogP contribution in [0.4, 0.5) is 0 Å². The highest BCUT2D eigenvalue weighted by molar-refractivity contribution is 5.80. The highest BCUT2D eigenvalue weighted by atomic mass is 16.6. The minimum Gasteiger partial charge on any atom is -0.396 e. The molecule has 0 saturated carbocycles. The molecule has 0 amide bonds. The van der Waals surface area contributed by atoms with Crippen LogP contribution in [0.25, 0.3) is 0 Å². The van der Waals surface area contributed by atoms with E-state index in [9.17, 15) is 0 Å². The fourth-order valence-electron chi connectivity index (χ4n) is 0.312. The summed E-state index contributed by atoms with van der Waals surface area (Å²) in [6, 6.07) is 0. The molecule has 2 nitrogen and oxygen atoms in total. The Kier molecular flexibility index (Phi) is 14.5. The van der Waals surface area contributed by atoms with Gasteiger partial charge in [0.2, 0.25) is 0 Å². The maximum absolute atomic E-state index is 4.92. The third-order valence-corrected chi connectivity index (χ3v) is 1.03. The molecule has 0 aromatic carbocycles. The minimum absolute atomic E-state index is 0.733. The van der Waals surface area contributed by atoms with Gasteiger partial charge >= 0.3 is 0 Å². The van der Waals surface area contributed by atoms with Crippen molar-refractivity contribution >= 4 is 5.71 Å². The first-order valence-electron chi connectivity index (χ1n) is 4.46. The van der Waals surface area contributed by atoms with Crippen LogP contribution in [-0.2, 0) is 4.84 Å². The number of nitrogens with zero attached hydrogens (tertiary/aromatic N) is 1. The highest BCUT2D eigenvalue weighted by Gasteiger charge is 1.83. The number of hydrogen-bond acceptors (Lipinski definition) is 2. The number of hydrogen-bond donors (Lipinski definition) is 0. The molecule has 0 rings (SSSR count). The molecule has 0 N–H and O–H groups in total. The summed E-state index contributed by atoms with van der Waals surface area (Å²) in [6.45, 7) is 10.8. The van der Waals surface area contributed by atoms with Crippen molar-refractivity contribution in [2.75, 3.05) is 6.61 Å². The molecule has 0 radical (unpaired) electrons. The summed E-state index contributed by atoms with van der Waals surface area (Å²) in [5.41, 5.74) is 1.06. The Morgan fingerprint density at radius 1 is 1.27 bits per heavy atom.